The van der Waals surface area contributed by atoms with Crippen LogP contribution >= 0.6 is 0 Å². The van der Waals surface area contributed by atoms with E-state index in [0.717, 1.165) is 28.9 Å². The Morgan fingerprint density at radius 1 is 1.02 bits per heavy atom. The number of aryl methyl sites for hydroxylation is 2. The molecule has 0 bridgehead atoms. The van der Waals surface area contributed by atoms with Crippen LogP contribution in [0.1, 0.15) is 32.6 Å². The van der Waals surface area contributed by atoms with Gasteiger partial charge in [0.15, 0.2) is 0 Å². The number of hydrogen-bond donors (Lipinski definition) is 2. The van der Waals surface area contributed by atoms with Crippen molar-refractivity contribution in [3.63, 3.8) is 0 Å². The van der Waals surface area contributed by atoms with Crippen LogP contribution in [0.15, 0.2) is 67.1 Å². The Kier molecular flexibility index (Phi) is 6.84. The summed E-state index contributed by atoms with van der Waals surface area (Å²) >= 11 is 0. The van der Waals surface area contributed by atoms with Gasteiger partial charge in [-0.3, -0.25) is 19.6 Å². The number of benzene rings is 2. The van der Waals surface area contributed by atoms with E-state index in [0.29, 0.717) is 28.7 Å². The number of nitrogens with zero attached hydrogens (tertiary/aromatic N) is 5. The van der Waals surface area contributed by atoms with Gasteiger partial charge in [-0.05, 0) is 61.4 Å². The molecule has 2 aromatic carbocycles. The minimum atomic E-state index is -4.57. The second kappa shape index (κ2) is 10.3. The van der Waals surface area contributed by atoms with Gasteiger partial charge in [0.2, 0.25) is 5.95 Å². The monoisotopic (exact) mass is 547 g/mol. The molecule has 204 valence electrons. The zero-order chi connectivity index (χ0) is 28.6. The summed E-state index contributed by atoms with van der Waals surface area (Å²) in [5, 5.41) is 5.75. The Labute approximate surface area is 227 Å². The summed E-state index contributed by atoms with van der Waals surface area (Å²) in [4.78, 5) is 42.1. The molecule has 12 heteroatoms. The van der Waals surface area contributed by atoms with Crippen LogP contribution in [0.3, 0.4) is 0 Å². The highest BCUT2D eigenvalue weighted by Crippen LogP contribution is 2.34. The number of carbonyl (C=O) groups is 2. The Morgan fingerprint density at radius 2 is 1.82 bits per heavy atom. The van der Waals surface area contributed by atoms with Gasteiger partial charge in [-0.1, -0.05) is 12.1 Å². The van der Waals surface area contributed by atoms with Crippen molar-refractivity contribution in [1.29, 1.82) is 0 Å². The molecule has 3 amide bonds. The average Bonchev–Trinajstić information content (AvgIpc) is 2.93. The Morgan fingerprint density at radius 3 is 2.58 bits per heavy atom. The lowest BCUT2D eigenvalue weighted by atomic mass is 10.1. The van der Waals surface area contributed by atoms with Crippen molar-refractivity contribution in [2.45, 2.75) is 26.6 Å². The number of hydrogen-bond acceptors (Lipinski definition) is 6. The molecule has 4 aromatic rings. The smallest absolute Gasteiger partial charge is 0.323 e. The van der Waals surface area contributed by atoms with E-state index in [4.69, 9.17) is 0 Å². The van der Waals surface area contributed by atoms with E-state index in [1.165, 1.54) is 21.9 Å². The Balaban J connectivity index is 1.38. The van der Waals surface area contributed by atoms with E-state index in [-0.39, 0.29) is 18.1 Å². The van der Waals surface area contributed by atoms with Crippen molar-refractivity contribution in [1.82, 2.24) is 15.0 Å². The van der Waals surface area contributed by atoms with Crippen molar-refractivity contribution in [2.75, 3.05) is 27.5 Å². The molecule has 3 heterocycles. The van der Waals surface area contributed by atoms with E-state index in [1.54, 1.807) is 43.8 Å². The van der Waals surface area contributed by atoms with E-state index in [1.807, 2.05) is 19.9 Å². The van der Waals surface area contributed by atoms with Crippen LogP contribution in [-0.4, -0.2) is 33.9 Å². The van der Waals surface area contributed by atoms with Gasteiger partial charge in [-0.2, -0.15) is 18.2 Å². The van der Waals surface area contributed by atoms with Gasteiger partial charge in [-0.25, -0.2) is 9.78 Å². The largest absolute Gasteiger partial charge is 0.416 e. The highest BCUT2D eigenvalue weighted by molar-refractivity contribution is 6.07. The molecule has 0 radical (unpaired) electrons. The van der Waals surface area contributed by atoms with E-state index >= 15 is 0 Å². The van der Waals surface area contributed by atoms with Crippen LogP contribution < -0.4 is 20.4 Å². The lowest BCUT2D eigenvalue weighted by Crippen LogP contribution is -2.46. The number of carbonyl (C=O) groups excluding carboxylic acids is 2. The summed E-state index contributed by atoms with van der Waals surface area (Å²) < 4.78 is 39.3. The number of aromatic nitrogens is 3. The fraction of sp³-hybridized carbons (Fsp3) is 0.179. The third-order valence-electron chi connectivity index (χ3n) is 6.50. The Bertz CT molecular complexity index is 1620. The number of rotatable bonds is 5. The van der Waals surface area contributed by atoms with Crippen LogP contribution in [0.25, 0.3) is 0 Å². The molecule has 0 fully saturated rings. The lowest BCUT2D eigenvalue weighted by Gasteiger charge is -2.35. The number of nitrogens with one attached hydrogen (secondary N) is 2. The fourth-order valence-corrected chi connectivity index (χ4v) is 4.29. The normalized spacial score (nSPS) is 13.2. The van der Waals surface area contributed by atoms with E-state index < -0.39 is 17.6 Å². The number of amides is 3. The van der Waals surface area contributed by atoms with Gasteiger partial charge in [0.25, 0.3) is 5.91 Å². The molecule has 9 nitrogen and oxygen atoms in total. The molecule has 1 aliphatic heterocycles. The third-order valence-corrected chi connectivity index (χ3v) is 6.50. The molecule has 5 rings (SSSR count). The average molecular weight is 548 g/mol. The van der Waals surface area contributed by atoms with Crippen LogP contribution in [-0.2, 0) is 12.7 Å². The SMILES string of the molecule is Cc1ccncc1Nc1ncc2c(n1)N(C)C(=O)N(c1cc(NC(=O)c3cccc(C(F)(F)F)c3)ccc1C)C2. The van der Waals surface area contributed by atoms with Crippen LogP contribution in [0.4, 0.5) is 46.8 Å². The number of anilines is 5. The molecule has 0 spiro atoms. The lowest BCUT2D eigenvalue weighted by molar-refractivity contribution is -0.137. The minimum Gasteiger partial charge on any atom is -0.323 e. The van der Waals surface area contributed by atoms with Crippen LogP contribution in [0.5, 0.6) is 0 Å². The molecule has 2 aromatic heterocycles. The fourth-order valence-electron chi connectivity index (χ4n) is 4.29. The first-order chi connectivity index (χ1) is 19.0. The first-order valence-corrected chi connectivity index (χ1v) is 12.2. The summed E-state index contributed by atoms with van der Waals surface area (Å²) in [5.74, 6) is 0.0657. The van der Waals surface area contributed by atoms with Crippen molar-refractivity contribution in [3.05, 3.63) is 94.9 Å². The summed E-state index contributed by atoms with van der Waals surface area (Å²) in [6.45, 7) is 3.92. The van der Waals surface area contributed by atoms with Crippen molar-refractivity contribution < 1.29 is 22.8 Å². The predicted octanol–water partition coefficient (Wildman–Crippen LogP) is 6.08. The number of halogens is 3. The standard InChI is InChI=1S/C28H24F3N7O2/c1-16-9-10-32-14-22(16)35-26-33-13-19-15-38(27(40)37(3)24(19)36-26)23-12-21(8-7-17(23)2)34-25(39)18-5-4-6-20(11-18)28(29,30)31/h4-14H,15H2,1-3H3,(H,34,39)(H,33,35,36). The highest BCUT2D eigenvalue weighted by Gasteiger charge is 2.32. The first-order valence-electron chi connectivity index (χ1n) is 12.2. The zero-order valence-corrected chi connectivity index (χ0v) is 21.7. The molecule has 2 N–H and O–H groups in total. The summed E-state index contributed by atoms with van der Waals surface area (Å²) in [6, 6.07) is 10.6. The first kappa shape index (κ1) is 26.6. The predicted molar refractivity (Wildman–Crippen MR) is 145 cm³/mol. The molecule has 0 aliphatic carbocycles. The summed E-state index contributed by atoms with van der Waals surface area (Å²) in [6.07, 6.45) is 0.419. The van der Waals surface area contributed by atoms with E-state index in [9.17, 15) is 22.8 Å². The molecule has 40 heavy (non-hydrogen) atoms. The van der Waals surface area contributed by atoms with Gasteiger partial charge in [0.1, 0.15) is 5.82 Å². The number of pyridine rings is 1. The number of urea groups is 1. The van der Waals surface area contributed by atoms with Crippen molar-refractivity contribution in [3.8, 4) is 0 Å². The topological polar surface area (TPSA) is 103 Å². The molecule has 0 saturated carbocycles. The van der Waals surface area contributed by atoms with Crippen molar-refractivity contribution >= 4 is 40.8 Å². The maximum atomic E-state index is 13.4. The van der Waals surface area contributed by atoms with Gasteiger partial charge in [0.05, 0.1) is 29.7 Å². The van der Waals surface area contributed by atoms with E-state index in [2.05, 4.69) is 25.6 Å². The van der Waals surface area contributed by atoms with Gasteiger partial charge in [0, 0.05) is 36.3 Å². The quantitative estimate of drug-likeness (QED) is 0.314. The van der Waals surface area contributed by atoms with Gasteiger partial charge in [-0.15, -0.1) is 0 Å². The number of alkyl halides is 3. The molecular weight excluding hydrogens is 523 g/mol. The highest BCUT2D eigenvalue weighted by atomic mass is 19.4. The van der Waals surface area contributed by atoms with Crippen LogP contribution in [0.2, 0.25) is 0 Å². The van der Waals surface area contributed by atoms with Gasteiger partial charge < -0.3 is 10.6 Å². The maximum Gasteiger partial charge on any atom is 0.416 e. The third kappa shape index (κ3) is 5.28. The molecule has 0 atom stereocenters. The zero-order valence-electron chi connectivity index (χ0n) is 21.7. The van der Waals surface area contributed by atoms with Crippen molar-refractivity contribution in [2.24, 2.45) is 0 Å². The second-order valence-electron chi connectivity index (χ2n) is 9.32. The molecule has 1 aliphatic rings. The maximum absolute atomic E-state index is 13.4. The molecule has 0 unspecified atom stereocenters. The van der Waals surface area contributed by atoms with Crippen LogP contribution in [0, 0.1) is 13.8 Å². The summed E-state index contributed by atoms with van der Waals surface area (Å²) in [5.41, 5.74) is 2.96. The molecular formula is C28H24F3N7O2. The Hall–Kier alpha value is -5.00. The summed E-state index contributed by atoms with van der Waals surface area (Å²) in [7, 11) is 1.61. The molecule has 0 saturated heterocycles. The second-order valence-corrected chi connectivity index (χ2v) is 9.32. The minimum absolute atomic E-state index is 0.136. The number of fused-ring (bicyclic) bond motifs is 1. The van der Waals surface area contributed by atoms with Gasteiger partial charge >= 0.3 is 12.2 Å².